The van der Waals surface area contributed by atoms with E-state index in [4.69, 9.17) is 4.42 Å². The molecule has 166 valence electrons. The van der Waals surface area contributed by atoms with Gasteiger partial charge in [-0.25, -0.2) is 4.39 Å². The molecule has 0 unspecified atom stereocenters. The summed E-state index contributed by atoms with van der Waals surface area (Å²) in [6.07, 6.45) is -4.77. The molecule has 0 saturated carbocycles. The molecule has 2 aromatic carbocycles. The zero-order valence-electron chi connectivity index (χ0n) is 16.1. The molecular weight excluding hydrogens is 436 g/mol. The molecule has 0 radical (unpaired) electrons. The van der Waals surface area contributed by atoms with E-state index in [0.29, 0.717) is 5.69 Å². The summed E-state index contributed by atoms with van der Waals surface area (Å²) < 4.78 is 59.1. The van der Waals surface area contributed by atoms with E-state index >= 15 is 0 Å². The molecule has 1 aromatic heterocycles. The number of nitrogens with zero attached hydrogens (tertiary/aromatic N) is 3. The van der Waals surface area contributed by atoms with Crippen molar-refractivity contribution in [1.29, 1.82) is 0 Å². The first-order valence-corrected chi connectivity index (χ1v) is 9.24. The number of anilines is 2. The molecule has 4 rings (SSSR count). The van der Waals surface area contributed by atoms with Crippen LogP contribution < -0.4 is 15.0 Å². The number of carbonyl (C=O) groups is 2. The highest BCUT2D eigenvalue weighted by atomic mass is 19.4. The number of nitrogens with one attached hydrogen (secondary N) is 1. The highest BCUT2D eigenvalue weighted by Crippen LogP contribution is 2.33. The fourth-order valence-electron chi connectivity index (χ4n) is 3.17. The van der Waals surface area contributed by atoms with Crippen molar-refractivity contribution in [3.63, 3.8) is 0 Å². The number of hydrogen-bond donors (Lipinski definition) is 1. The van der Waals surface area contributed by atoms with Crippen molar-refractivity contribution < 1.29 is 36.3 Å². The van der Waals surface area contributed by atoms with Crippen LogP contribution in [-0.4, -0.2) is 34.9 Å². The SMILES string of the molecule is O=C(Nc1nnc([C@@H]2CC(=O)N(c3ccc(OC(F)(F)F)cc3)C2)o1)c1ccc(F)cc1. The Hall–Kier alpha value is -3.96. The molecular formula is C20H14F4N4O4. The highest BCUT2D eigenvalue weighted by Gasteiger charge is 2.35. The molecule has 0 bridgehead atoms. The number of hydrogen-bond acceptors (Lipinski definition) is 6. The van der Waals surface area contributed by atoms with Crippen LogP contribution >= 0.6 is 0 Å². The fourth-order valence-corrected chi connectivity index (χ4v) is 3.17. The third kappa shape index (κ3) is 4.85. The average Bonchev–Trinajstić information content (AvgIpc) is 3.34. The lowest BCUT2D eigenvalue weighted by Gasteiger charge is -2.17. The number of rotatable bonds is 5. The van der Waals surface area contributed by atoms with E-state index in [-0.39, 0.29) is 36.3 Å². The molecule has 2 amide bonds. The van der Waals surface area contributed by atoms with Gasteiger partial charge in [0.15, 0.2) is 0 Å². The normalized spacial score (nSPS) is 16.3. The number of halogens is 4. The van der Waals surface area contributed by atoms with Gasteiger partial charge in [0.05, 0.1) is 5.92 Å². The van der Waals surface area contributed by atoms with Crippen LogP contribution in [0.1, 0.15) is 28.6 Å². The second-order valence-electron chi connectivity index (χ2n) is 6.85. The summed E-state index contributed by atoms with van der Waals surface area (Å²) in [5, 5.41) is 9.99. The van der Waals surface area contributed by atoms with Gasteiger partial charge in [0.2, 0.25) is 11.8 Å². The first kappa shape index (κ1) is 21.3. The number of aromatic nitrogens is 2. The Kier molecular flexibility index (Phi) is 5.51. The maximum absolute atomic E-state index is 13.0. The van der Waals surface area contributed by atoms with Gasteiger partial charge in [0, 0.05) is 24.2 Å². The van der Waals surface area contributed by atoms with Crippen LogP contribution in [0.25, 0.3) is 0 Å². The maximum Gasteiger partial charge on any atom is 0.573 e. The van der Waals surface area contributed by atoms with E-state index in [1.807, 2.05) is 0 Å². The Bertz CT molecular complexity index is 1130. The number of ether oxygens (including phenoxy) is 1. The van der Waals surface area contributed by atoms with Gasteiger partial charge in [-0.3, -0.25) is 14.9 Å². The predicted molar refractivity (Wildman–Crippen MR) is 101 cm³/mol. The molecule has 1 N–H and O–H groups in total. The second-order valence-corrected chi connectivity index (χ2v) is 6.85. The molecule has 2 heterocycles. The second kappa shape index (κ2) is 8.29. The van der Waals surface area contributed by atoms with Crippen LogP contribution in [0.5, 0.6) is 5.75 Å². The van der Waals surface area contributed by atoms with Crippen molar-refractivity contribution in [3.05, 3.63) is 65.8 Å². The molecule has 1 fully saturated rings. The van der Waals surface area contributed by atoms with Crippen molar-refractivity contribution in [2.75, 3.05) is 16.8 Å². The quantitative estimate of drug-likeness (QED) is 0.593. The van der Waals surface area contributed by atoms with Crippen LogP contribution in [0.2, 0.25) is 0 Å². The summed E-state index contributed by atoms with van der Waals surface area (Å²) in [5.41, 5.74) is 0.572. The van der Waals surface area contributed by atoms with Crippen LogP contribution in [0.3, 0.4) is 0 Å². The van der Waals surface area contributed by atoms with E-state index in [1.165, 1.54) is 29.2 Å². The summed E-state index contributed by atoms with van der Waals surface area (Å²) in [5.74, 6) is -2.10. The number of amides is 2. The van der Waals surface area contributed by atoms with Crippen molar-refractivity contribution >= 4 is 23.5 Å². The molecule has 0 aliphatic carbocycles. The van der Waals surface area contributed by atoms with Crippen LogP contribution in [0, 0.1) is 5.82 Å². The maximum atomic E-state index is 13.0. The van der Waals surface area contributed by atoms with Crippen molar-refractivity contribution in [2.24, 2.45) is 0 Å². The zero-order chi connectivity index (χ0) is 22.9. The first-order chi connectivity index (χ1) is 15.2. The first-order valence-electron chi connectivity index (χ1n) is 9.24. The van der Waals surface area contributed by atoms with E-state index in [9.17, 15) is 27.2 Å². The van der Waals surface area contributed by atoms with Gasteiger partial charge in [-0.15, -0.1) is 18.3 Å². The van der Waals surface area contributed by atoms with E-state index in [2.05, 4.69) is 20.3 Å². The lowest BCUT2D eigenvalue weighted by Crippen LogP contribution is -2.24. The summed E-state index contributed by atoms with van der Waals surface area (Å²) in [4.78, 5) is 25.9. The van der Waals surface area contributed by atoms with Crippen molar-refractivity contribution in [1.82, 2.24) is 10.2 Å². The van der Waals surface area contributed by atoms with Gasteiger partial charge in [-0.2, -0.15) is 0 Å². The molecule has 1 aliphatic rings. The minimum Gasteiger partial charge on any atom is -0.407 e. The topological polar surface area (TPSA) is 97.6 Å². The Morgan fingerprint density at radius 1 is 1.09 bits per heavy atom. The molecule has 0 spiro atoms. The van der Waals surface area contributed by atoms with Gasteiger partial charge >= 0.3 is 12.4 Å². The van der Waals surface area contributed by atoms with Gasteiger partial charge in [0.1, 0.15) is 11.6 Å². The summed E-state index contributed by atoms with van der Waals surface area (Å²) >= 11 is 0. The van der Waals surface area contributed by atoms with Crippen LogP contribution in [0.4, 0.5) is 29.3 Å². The smallest absolute Gasteiger partial charge is 0.407 e. The molecule has 32 heavy (non-hydrogen) atoms. The van der Waals surface area contributed by atoms with Crippen molar-refractivity contribution in [3.8, 4) is 5.75 Å². The minimum absolute atomic E-state index is 0.0361. The predicted octanol–water partition coefficient (Wildman–Crippen LogP) is 3.88. The monoisotopic (exact) mass is 450 g/mol. The number of carbonyl (C=O) groups excluding carboxylic acids is 2. The molecule has 1 saturated heterocycles. The molecule has 8 nitrogen and oxygen atoms in total. The summed E-state index contributed by atoms with van der Waals surface area (Å²) in [7, 11) is 0. The number of benzene rings is 2. The van der Waals surface area contributed by atoms with Gasteiger partial charge in [-0.05, 0) is 48.5 Å². The van der Waals surface area contributed by atoms with Gasteiger partial charge < -0.3 is 14.1 Å². The van der Waals surface area contributed by atoms with Gasteiger partial charge in [0.25, 0.3) is 5.91 Å². The lowest BCUT2D eigenvalue weighted by atomic mass is 10.1. The third-order valence-electron chi connectivity index (χ3n) is 4.62. The Labute approximate surface area is 177 Å². The van der Waals surface area contributed by atoms with Gasteiger partial charge in [-0.1, -0.05) is 5.10 Å². The summed E-state index contributed by atoms with van der Waals surface area (Å²) in [6, 6.07) is 9.56. The molecule has 3 aromatic rings. The van der Waals surface area contributed by atoms with Crippen molar-refractivity contribution in [2.45, 2.75) is 18.7 Å². The van der Waals surface area contributed by atoms with Crippen LogP contribution in [-0.2, 0) is 4.79 Å². The average molecular weight is 450 g/mol. The van der Waals surface area contributed by atoms with E-state index in [0.717, 1.165) is 24.3 Å². The van der Waals surface area contributed by atoms with E-state index < -0.39 is 29.8 Å². The lowest BCUT2D eigenvalue weighted by molar-refractivity contribution is -0.274. The largest absolute Gasteiger partial charge is 0.573 e. The zero-order valence-corrected chi connectivity index (χ0v) is 16.1. The fraction of sp³-hybridized carbons (Fsp3) is 0.200. The number of alkyl halides is 3. The Balaban J connectivity index is 1.40. The molecule has 12 heteroatoms. The molecule has 1 atom stereocenters. The Morgan fingerprint density at radius 2 is 1.78 bits per heavy atom. The highest BCUT2D eigenvalue weighted by molar-refractivity contribution is 6.03. The third-order valence-corrected chi connectivity index (χ3v) is 4.62. The van der Waals surface area contributed by atoms with Crippen LogP contribution in [0.15, 0.2) is 52.9 Å². The molecule has 1 aliphatic heterocycles. The summed E-state index contributed by atoms with van der Waals surface area (Å²) in [6.45, 7) is 0.159. The standard InChI is InChI=1S/C20H14F4N4O4/c21-13-3-1-11(2-4-13)17(30)25-19-27-26-18(31-19)12-9-16(29)28(10-12)14-5-7-15(8-6-14)32-20(22,23)24/h1-8,12H,9-10H2,(H,25,27,30)/t12-/m1/s1. The Morgan fingerprint density at radius 3 is 2.44 bits per heavy atom. The van der Waals surface area contributed by atoms with E-state index in [1.54, 1.807) is 0 Å². The minimum atomic E-state index is -4.81.